The molecule has 1 fully saturated rings. The highest BCUT2D eigenvalue weighted by molar-refractivity contribution is 5.91. The number of benzene rings is 2. The van der Waals surface area contributed by atoms with Crippen molar-refractivity contribution in [3.05, 3.63) is 60.2 Å². The van der Waals surface area contributed by atoms with Crippen molar-refractivity contribution in [2.45, 2.75) is 25.4 Å². The highest BCUT2D eigenvalue weighted by Crippen LogP contribution is 2.28. The standard InChI is InChI=1S/C19H19N3O2/c23-18(20-13-12-14-6-2-1-3-7-14)22-17-9-5-4-8-16(17)21-19(22)24-15-10-11-15/h1-9,15H,10-13H2,(H,20,23). The van der Waals surface area contributed by atoms with Gasteiger partial charge in [0, 0.05) is 6.54 Å². The number of imidazole rings is 1. The van der Waals surface area contributed by atoms with Crippen LogP contribution >= 0.6 is 0 Å². The van der Waals surface area contributed by atoms with Gasteiger partial charge in [0.05, 0.1) is 11.0 Å². The molecule has 5 nitrogen and oxygen atoms in total. The van der Waals surface area contributed by atoms with Crippen LogP contribution in [0.4, 0.5) is 4.79 Å². The molecule has 5 heteroatoms. The molecule has 1 aliphatic rings. The van der Waals surface area contributed by atoms with Gasteiger partial charge in [-0.2, -0.15) is 4.98 Å². The number of fused-ring (bicyclic) bond motifs is 1. The Kier molecular flexibility index (Phi) is 3.91. The Labute approximate surface area is 140 Å². The minimum atomic E-state index is -0.199. The lowest BCUT2D eigenvalue weighted by Crippen LogP contribution is -2.30. The van der Waals surface area contributed by atoms with Crippen molar-refractivity contribution in [3.63, 3.8) is 0 Å². The topological polar surface area (TPSA) is 56.2 Å². The molecule has 1 aliphatic carbocycles. The Morgan fingerprint density at radius 1 is 1.12 bits per heavy atom. The SMILES string of the molecule is O=C(NCCc1ccccc1)n1c(OC2CC2)nc2ccccc21. The van der Waals surface area contributed by atoms with Crippen molar-refractivity contribution in [1.29, 1.82) is 0 Å². The van der Waals surface area contributed by atoms with Crippen LogP contribution in [0.2, 0.25) is 0 Å². The molecule has 24 heavy (non-hydrogen) atoms. The number of amides is 1. The highest BCUT2D eigenvalue weighted by Gasteiger charge is 2.27. The van der Waals surface area contributed by atoms with Crippen LogP contribution in [0.25, 0.3) is 11.0 Å². The summed E-state index contributed by atoms with van der Waals surface area (Å²) in [6.45, 7) is 0.568. The van der Waals surface area contributed by atoms with E-state index in [9.17, 15) is 4.79 Å². The lowest BCUT2D eigenvalue weighted by atomic mass is 10.1. The molecule has 1 heterocycles. The van der Waals surface area contributed by atoms with Crippen molar-refractivity contribution in [2.24, 2.45) is 0 Å². The van der Waals surface area contributed by atoms with E-state index in [0.717, 1.165) is 30.3 Å². The van der Waals surface area contributed by atoms with E-state index < -0.39 is 0 Å². The summed E-state index contributed by atoms with van der Waals surface area (Å²) in [5, 5.41) is 2.96. The van der Waals surface area contributed by atoms with Gasteiger partial charge in [0.2, 0.25) is 0 Å². The minimum absolute atomic E-state index is 0.192. The van der Waals surface area contributed by atoms with Gasteiger partial charge in [0.25, 0.3) is 0 Å². The quantitative estimate of drug-likeness (QED) is 0.784. The van der Waals surface area contributed by atoms with Gasteiger partial charge in [0.1, 0.15) is 6.10 Å². The van der Waals surface area contributed by atoms with Gasteiger partial charge < -0.3 is 10.1 Å². The lowest BCUT2D eigenvalue weighted by molar-refractivity contribution is 0.231. The predicted octanol–water partition coefficient (Wildman–Crippen LogP) is 3.38. The van der Waals surface area contributed by atoms with Gasteiger partial charge in [-0.1, -0.05) is 42.5 Å². The third-order valence-corrected chi connectivity index (χ3v) is 4.06. The first-order chi connectivity index (χ1) is 11.8. The summed E-state index contributed by atoms with van der Waals surface area (Å²) in [6.07, 6.45) is 3.04. The molecular weight excluding hydrogens is 302 g/mol. The predicted molar refractivity (Wildman–Crippen MR) is 92.3 cm³/mol. The van der Waals surface area contributed by atoms with Gasteiger partial charge in [-0.3, -0.25) is 0 Å². The van der Waals surface area contributed by atoms with Crippen molar-refractivity contribution in [2.75, 3.05) is 6.54 Å². The number of rotatable bonds is 5. The highest BCUT2D eigenvalue weighted by atomic mass is 16.5. The lowest BCUT2D eigenvalue weighted by Gasteiger charge is -2.10. The van der Waals surface area contributed by atoms with Crippen LogP contribution in [-0.4, -0.2) is 28.2 Å². The molecule has 3 aromatic rings. The number of ether oxygens (including phenoxy) is 1. The summed E-state index contributed by atoms with van der Waals surface area (Å²) in [5.41, 5.74) is 2.74. The molecule has 1 N–H and O–H groups in total. The second kappa shape index (κ2) is 6.35. The number of hydrogen-bond acceptors (Lipinski definition) is 3. The summed E-state index contributed by atoms with van der Waals surface area (Å²) in [4.78, 5) is 17.1. The Morgan fingerprint density at radius 3 is 2.67 bits per heavy atom. The fourth-order valence-electron chi connectivity index (χ4n) is 2.65. The van der Waals surface area contributed by atoms with Gasteiger partial charge in [-0.25, -0.2) is 9.36 Å². The minimum Gasteiger partial charge on any atom is -0.461 e. The number of para-hydroxylation sites is 2. The van der Waals surface area contributed by atoms with Crippen molar-refractivity contribution in [3.8, 4) is 6.01 Å². The largest absolute Gasteiger partial charge is 0.461 e. The van der Waals surface area contributed by atoms with Crippen molar-refractivity contribution < 1.29 is 9.53 Å². The molecular formula is C19H19N3O2. The maximum absolute atomic E-state index is 12.7. The second-order valence-corrected chi connectivity index (χ2v) is 6.00. The van der Waals surface area contributed by atoms with Crippen molar-refractivity contribution in [1.82, 2.24) is 14.9 Å². The third-order valence-electron chi connectivity index (χ3n) is 4.06. The maximum atomic E-state index is 12.7. The summed E-state index contributed by atoms with van der Waals surface area (Å²) in [5.74, 6) is 0. The molecule has 2 aromatic carbocycles. The van der Waals surface area contributed by atoms with E-state index in [0.29, 0.717) is 12.6 Å². The molecule has 0 atom stereocenters. The zero-order valence-corrected chi connectivity index (χ0v) is 13.3. The number of carbonyl (C=O) groups excluding carboxylic acids is 1. The fraction of sp³-hybridized carbons (Fsp3) is 0.263. The van der Waals surface area contributed by atoms with Gasteiger partial charge in [0.15, 0.2) is 0 Å². The fourth-order valence-corrected chi connectivity index (χ4v) is 2.65. The van der Waals surface area contributed by atoms with Crippen LogP contribution in [0.1, 0.15) is 18.4 Å². The zero-order chi connectivity index (χ0) is 16.4. The first-order valence-electron chi connectivity index (χ1n) is 8.27. The van der Waals surface area contributed by atoms with E-state index >= 15 is 0 Å². The van der Waals surface area contributed by atoms with E-state index in [-0.39, 0.29) is 12.1 Å². The number of nitrogens with zero attached hydrogens (tertiary/aromatic N) is 2. The Morgan fingerprint density at radius 2 is 1.88 bits per heavy atom. The summed E-state index contributed by atoms with van der Waals surface area (Å²) in [7, 11) is 0. The Bertz CT molecular complexity index is 853. The zero-order valence-electron chi connectivity index (χ0n) is 13.3. The van der Waals surface area contributed by atoms with Crippen LogP contribution < -0.4 is 10.1 Å². The molecule has 0 saturated heterocycles. The normalized spacial score (nSPS) is 13.8. The molecule has 0 unspecified atom stereocenters. The number of carbonyl (C=O) groups is 1. The van der Waals surface area contributed by atoms with Crippen molar-refractivity contribution >= 4 is 17.1 Å². The average molecular weight is 321 g/mol. The Hall–Kier alpha value is -2.82. The summed E-state index contributed by atoms with van der Waals surface area (Å²) < 4.78 is 7.36. The number of hydrogen-bond donors (Lipinski definition) is 1. The molecule has 0 spiro atoms. The number of nitrogens with one attached hydrogen (secondary N) is 1. The van der Waals surface area contributed by atoms with Crippen LogP contribution in [0.3, 0.4) is 0 Å². The molecule has 0 bridgehead atoms. The number of aromatic nitrogens is 2. The van der Waals surface area contributed by atoms with Gasteiger partial charge in [-0.05, 0) is 37.0 Å². The average Bonchev–Trinajstić information content (AvgIpc) is 3.34. The molecule has 0 radical (unpaired) electrons. The maximum Gasteiger partial charge on any atom is 0.330 e. The van der Waals surface area contributed by atoms with Gasteiger partial charge >= 0.3 is 12.0 Å². The van der Waals surface area contributed by atoms with E-state index in [1.54, 1.807) is 4.57 Å². The van der Waals surface area contributed by atoms with Crippen LogP contribution in [-0.2, 0) is 6.42 Å². The summed E-state index contributed by atoms with van der Waals surface area (Å²) >= 11 is 0. The smallest absolute Gasteiger partial charge is 0.330 e. The molecule has 4 rings (SSSR count). The molecule has 1 amide bonds. The van der Waals surface area contributed by atoms with Crippen LogP contribution in [0.15, 0.2) is 54.6 Å². The second-order valence-electron chi connectivity index (χ2n) is 6.00. The van der Waals surface area contributed by atoms with E-state index in [2.05, 4.69) is 22.4 Å². The first kappa shape index (κ1) is 14.8. The Balaban J connectivity index is 1.52. The molecule has 1 saturated carbocycles. The van der Waals surface area contributed by atoms with Crippen LogP contribution in [0, 0.1) is 0 Å². The monoisotopic (exact) mass is 321 g/mol. The molecule has 122 valence electrons. The van der Waals surface area contributed by atoms with E-state index in [1.807, 2.05) is 42.5 Å². The van der Waals surface area contributed by atoms with Gasteiger partial charge in [-0.15, -0.1) is 0 Å². The summed E-state index contributed by atoms with van der Waals surface area (Å²) in [6, 6.07) is 17.9. The first-order valence-corrected chi connectivity index (χ1v) is 8.27. The molecule has 0 aliphatic heterocycles. The van der Waals surface area contributed by atoms with E-state index in [4.69, 9.17) is 4.74 Å². The third kappa shape index (κ3) is 3.11. The van der Waals surface area contributed by atoms with E-state index in [1.165, 1.54) is 5.56 Å². The van der Waals surface area contributed by atoms with Crippen LogP contribution in [0.5, 0.6) is 6.01 Å². The molecule has 1 aromatic heterocycles.